The molecule has 1 aliphatic carbocycles. The zero-order valence-electron chi connectivity index (χ0n) is 12.9. The van der Waals surface area contributed by atoms with E-state index in [4.69, 9.17) is 0 Å². The van der Waals surface area contributed by atoms with Crippen LogP contribution in [0, 0.1) is 12.3 Å². The lowest BCUT2D eigenvalue weighted by atomic mass is 9.75. The van der Waals surface area contributed by atoms with Crippen molar-refractivity contribution in [3.63, 3.8) is 0 Å². The molecule has 3 heteroatoms. The second-order valence-electron chi connectivity index (χ2n) is 6.96. The summed E-state index contributed by atoms with van der Waals surface area (Å²) in [5.41, 5.74) is 5.12. The van der Waals surface area contributed by atoms with E-state index in [1.54, 1.807) is 0 Å². The third-order valence-corrected chi connectivity index (χ3v) is 4.98. The van der Waals surface area contributed by atoms with Gasteiger partial charge in [-0.1, -0.05) is 41.9 Å². The number of halogens is 1. The predicted octanol–water partition coefficient (Wildman–Crippen LogP) is 4.61. The maximum Gasteiger partial charge on any atom is 0.0812 e. The molecule has 21 heavy (non-hydrogen) atoms. The van der Waals surface area contributed by atoms with Gasteiger partial charge in [-0.3, -0.25) is 0 Å². The molecule has 1 aliphatic rings. The van der Waals surface area contributed by atoms with Gasteiger partial charge in [0.05, 0.1) is 6.10 Å². The highest BCUT2D eigenvalue weighted by atomic mass is 79.9. The number of aryl methyl sites for hydroxylation is 1. The molecular weight excluding hydrogens is 326 g/mol. The summed E-state index contributed by atoms with van der Waals surface area (Å²) in [6, 6.07) is 10.6. The van der Waals surface area contributed by atoms with Crippen molar-refractivity contribution in [1.29, 1.82) is 0 Å². The Morgan fingerprint density at radius 1 is 1.29 bits per heavy atom. The summed E-state index contributed by atoms with van der Waals surface area (Å²) in [5.74, 6) is 0. The van der Waals surface area contributed by atoms with Gasteiger partial charge in [0.25, 0.3) is 0 Å². The maximum atomic E-state index is 10.4. The molecular formula is C18H22BrNO. The van der Waals surface area contributed by atoms with Crippen molar-refractivity contribution in [2.75, 3.05) is 0 Å². The second-order valence-corrected chi connectivity index (χ2v) is 7.88. The average molecular weight is 348 g/mol. The molecule has 0 spiro atoms. The molecule has 0 bridgehead atoms. The number of aliphatic hydroxyl groups is 1. The molecule has 0 radical (unpaired) electrons. The standard InChI is InChI=1S/C18H22BrNO/c1-12-8-15-16(9-18(2,3)10-17(15)21)20(12)11-13-4-6-14(19)7-5-13/h4-8,17,21H,9-11H2,1-3H3. The number of hydrogen-bond donors (Lipinski definition) is 1. The molecule has 1 aromatic heterocycles. The molecule has 1 unspecified atom stereocenters. The van der Waals surface area contributed by atoms with Gasteiger partial charge in [0.2, 0.25) is 0 Å². The van der Waals surface area contributed by atoms with E-state index in [1.165, 1.54) is 17.0 Å². The van der Waals surface area contributed by atoms with E-state index in [1.807, 2.05) is 0 Å². The van der Waals surface area contributed by atoms with Gasteiger partial charge in [0, 0.05) is 28.0 Å². The number of aliphatic hydroxyl groups excluding tert-OH is 1. The molecule has 1 heterocycles. The van der Waals surface area contributed by atoms with Gasteiger partial charge >= 0.3 is 0 Å². The molecule has 3 rings (SSSR count). The molecule has 0 saturated heterocycles. The Hall–Kier alpha value is -1.06. The first kappa shape index (κ1) is 14.9. The van der Waals surface area contributed by atoms with Gasteiger partial charge in [-0.15, -0.1) is 0 Å². The largest absolute Gasteiger partial charge is 0.388 e. The fraction of sp³-hybridized carbons (Fsp3) is 0.444. The normalized spacial score (nSPS) is 20.3. The molecule has 0 amide bonds. The third-order valence-electron chi connectivity index (χ3n) is 4.45. The van der Waals surface area contributed by atoms with Crippen LogP contribution in [-0.4, -0.2) is 9.67 Å². The Bertz CT molecular complexity index is 655. The Morgan fingerprint density at radius 3 is 2.62 bits per heavy atom. The summed E-state index contributed by atoms with van der Waals surface area (Å²) in [6.45, 7) is 7.49. The summed E-state index contributed by atoms with van der Waals surface area (Å²) in [4.78, 5) is 0. The fourth-order valence-corrected chi connectivity index (χ4v) is 3.66. The van der Waals surface area contributed by atoms with E-state index in [0.29, 0.717) is 0 Å². The van der Waals surface area contributed by atoms with Crippen molar-refractivity contribution >= 4 is 15.9 Å². The zero-order valence-corrected chi connectivity index (χ0v) is 14.4. The van der Waals surface area contributed by atoms with E-state index in [2.05, 4.69) is 71.6 Å². The van der Waals surface area contributed by atoms with E-state index >= 15 is 0 Å². The number of hydrogen-bond acceptors (Lipinski definition) is 1. The van der Waals surface area contributed by atoms with Crippen LogP contribution in [0.1, 0.15) is 48.9 Å². The third kappa shape index (κ3) is 2.95. The minimum absolute atomic E-state index is 0.161. The molecule has 0 fully saturated rings. The van der Waals surface area contributed by atoms with Crippen LogP contribution in [-0.2, 0) is 13.0 Å². The Morgan fingerprint density at radius 2 is 1.95 bits per heavy atom. The van der Waals surface area contributed by atoms with Crippen LogP contribution >= 0.6 is 15.9 Å². The zero-order chi connectivity index (χ0) is 15.2. The number of aromatic nitrogens is 1. The van der Waals surface area contributed by atoms with Crippen LogP contribution in [0.25, 0.3) is 0 Å². The molecule has 0 saturated carbocycles. The minimum Gasteiger partial charge on any atom is -0.388 e. The van der Waals surface area contributed by atoms with E-state index in [-0.39, 0.29) is 11.5 Å². The van der Waals surface area contributed by atoms with Gasteiger partial charge in [-0.2, -0.15) is 0 Å². The number of rotatable bonds is 2. The van der Waals surface area contributed by atoms with Crippen molar-refractivity contribution in [1.82, 2.24) is 4.57 Å². The summed E-state index contributed by atoms with van der Waals surface area (Å²) in [5, 5.41) is 10.4. The molecule has 1 atom stereocenters. The average Bonchev–Trinajstić information content (AvgIpc) is 2.69. The van der Waals surface area contributed by atoms with Gasteiger partial charge in [-0.25, -0.2) is 0 Å². The van der Waals surface area contributed by atoms with Crippen LogP contribution < -0.4 is 0 Å². The number of fused-ring (bicyclic) bond motifs is 1. The van der Waals surface area contributed by atoms with Crippen molar-refractivity contribution in [3.05, 3.63) is 57.3 Å². The van der Waals surface area contributed by atoms with Crippen LogP contribution in [0.15, 0.2) is 34.8 Å². The number of benzene rings is 1. The van der Waals surface area contributed by atoms with E-state index < -0.39 is 0 Å². The molecule has 0 aliphatic heterocycles. The topological polar surface area (TPSA) is 25.2 Å². The monoisotopic (exact) mass is 347 g/mol. The van der Waals surface area contributed by atoms with Gasteiger partial charge in [-0.05, 0) is 48.9 Å². The Balaban J connectivity index is 1.98. The highest BCUT2D eigenvalue weighted by Gasteiger charge is 2.33. The van der Waals surface area contributed by atoms with Crippen molar-refractivity contribution in [2.24, 2.45) is 5.41 Å². The van der Waals surface area contributed by atoms with Crippen molar-refractivity contribution in [2.45, 2.75) is 46.3 Å². The summed E-state index contributed by atoms with van der Waals surface area (Å²) in [7, 11) is 0. The SMILES string of the molecule is Cc1cc2c(n1Cc1ccc(Br)cc1)CC(C)(C)CC2O. The first-order valence-electron chi connectivity index (χ1n) is 7.47. The highest BCUT2D eigenvalue weighted by molar-refractivity contribution is 9.10. The van der Waals surface area contributed by atoms with E-state index in [0.717, 1.165) is 29.4 Å². The fourth-order valence-electron chi connectivity index (χ4n) is 3.39. The molecule has 1 N–H and O–H groups in total. The van der Waals surface area contributed by atoms with Crippen molar-refractivity contribution < 1.29 is 5.11 Å². The first-order chi connectivity index (χ1) is 9.85. The molecule has 1 aromatic carbocycles. The summed E-state index contributed by atoms with van der Waals surface area (Å²) < 4.78 is 3.47. The van der Waals surface area contributed by atoms with Crippen LogP contribution in [0.4, 0.5) is 0 Å². The second kappa shape index (κ2) is 5.29. The lowest BCUT2D eigenvalue weighted by Crippen LogP contribution is -2.27. The molecule has 112 valence electrons. The van der Waals surface area contributed by atoms with Crippen LogP contribution in [0.5, 0.6) is 0 Å². The number of nitrogens with zero attached hydrogens (tertiary/aromatic N) is 1. The van der Waals surface area contributed by atoms with Crippen LogP contribution in [0.3, 0.4) is 0 Å². The van der Waals surface area contributed by atoms with Gasteiger partial charge in [0.15, 0.2) is 0 Å². The molecule has 2 aromatic rings. The summed E-state index contributed by atoms with van der Waals surface area (Å²) >= 11 is 3.48. The predicted molar refractivity (Wildman–Crippen MR) is 89.5 cm³/mol. The quantitative estimate of drug-likeness (QED) is 0.842. The van der Waals surface area contributed by atoms with Crippen molar-refractivity contribution in [3.8, 4) is 0 Å². The highest BCUT2D eigenvalue weighted by Crippen LogP contribution is 2.42. The first-order valence-corrected chi connectivity index (χ1v) is 8.26. The smallest absolute Gasteiger partial charge is 0.0812 e. The van der Waals surface area contributed by atoms with E-state index in [9.17, 15) is 5.11 Å². The Labute approximate surface area is 134 Å². The van der Waals surface area contributed by atoms with Gasteiger partial charge < -0.3 is 9.67 Å². The Kier molecular flexibility index (Phi) is 3.74. The lowest BCUT2D eigenvalue weighted by molar-refractivity contribution is 0.0981. The summed E-state index contributed by atoms with van der Waals surface area (Å²) in [6.07, 6.45) is 1.56. The minimum atomic E-state index is -0.325. The van der Waals surface area contributed by atoms with Crippen LogP contribution in [0.2, 0.25) is 0 Å². The lowest BCUT2D eigenvalue weighted by Gasteiger charge is -2.34. The van der Waals surface area contributed by atoms with Gasteiger partial charge in [0.1, 0.15) is 0 Å². The molecule has 2 nitrogen and oxygen atoms in total. The maximum absolute atomic E-state index is 10.4.